The molecule has 1 aromatic rings. The standard InChI is InChI=1S/C12H13NOS3/c1-3-8-5-6-9(16-8)7-10-11(14)13(4-2)12(15)17-10/h5-7H,3-4H2,1-2H3. The molecule has 0 saturated carbocycles. The summed E-state index contributed by atoms with van der Waals surface area (Å²) in [5, 5.41) is 0. The highest BCUT2D eigenvalue weighted by Gasteiger charge is 2.30. The summed E-state index contributed by atoms with van der Waals surface area (Å²) in [6, 6.07) is 4.17. The van der Waals surface area contributed by atoms with Crippen molar-refractivity contribution < 1.29 is 4.79 Å². The molecule has 5 heteroatoms. The van der Waals surface area contributed by atoms with Gasteiger partial charge in [-0.25, -0.2) is 0 Å². The summed E-state index contributed by atoms with van der Waals surface area (Å²) >= 11 is 8.29. The van der Waals surface area contributed by atoms with Crippen LogP contribution in [0.25, 0.3) is 6.08 Å². The monoisotopic (exact) mass is 283 g/mol. The molecule has 0 N–H and O–H groups in total. The Morgan fingerprint density at radius 2 is 2.18 bits per heavy atom. The van der Waals surface area contributed by atoms with Crippen LogP contribution in [0, 0.1) is 0 Å². The molecule has 1 aliphatic rings. The third-order valence-corrected chi connectivity index (χ3v) is 5.05. The topological polar surface area (TPSA) is 20.3 Å². The molecule has 90 valence electrons. The van der Waals surface area contributed by atoms with E-state index < -0.39 is 0 Å². The van der Waals surface area contributed by atoms with Crippen LogP contribution in [0.3, 0.4) is 0 Å². The molecule has 1 aliphatic heterocycles. The molecular formula is C12H13NOS3. The normalized spacial score (nSPS) is 18.5. The van der Waals surface area contributed by atoms with Crippen LogP contribution >= 0.6 is 35.3 Å². The highest BCUT2D eigenvalue weighted by molar-refractivity contribution is 8.26. The van der Waals surface area contributed by atoms with Crippen molar-refractivity contribution in [1.82, 2.24) is 4.90 Å². The summed E-state index contributed by atoms with van der Waals surface area (Å²) in [6.07, 6.45) is 2.98. The highest BCUT2D eigenvalue weighted by Crippen LogP contribution is 2.33. The first-order chi connectivity index (χ1) is 8.15. The molecule has 0 spiro atoms. The van der Waals surface area contributed by atoms with E-state index in [1.165, 1.54) is 16.6 Å². The van der Waals surface area contributed by atoms with Gasteiger partial charge in [0, 0.05) is 16.3 Å². The lowest BCUT2D eigenvalue weighted by Crippen LogP contribution is -2.27. The molecule has 1 saturated heterocycles. The number of carbonyl (C=O) groups excluding carboxylic acids is 1. The molecule has 0 atom stereocenters. The molecule has 0 aliphatic carbocycles. The Hall–Kier alpha value is -0.650. The number of likely N-dealkylation sites (N-methyl/N-ethyl adjacent to an activating group) is 1. The van der Waals surface area contributed by atoms with Gasteiger partial charge in [-0.15, -0.1) is 11.3 Å². The van der Waals surface area contributed by atoms with Gasteiger partial charge in [-0.1, -0.05) is 30.9 Å². The van der Waals surface area contributed by atoms with Crippen LogP contribution in [0.4, 0.5) is 0 Å². The number of thiophene rings is 1. The predicted molar refractivity (Wildman–Crippen MR) is 79.3 cm³/mol. The molecule has 1 fully saturated rings. The van der Waals surface area contributed by atoms with Gasteiger partial charge in [-0.2, -0.15) is 0 Å². The summed E-state index contributed by atoms with van der Waals surface area (Å²) < 4.78 is 0.663. The lowest BCUT2D eigenvalue weighted by atomic mass is 10.3. The van der Waals surface area contributed by atoms with Crippen molar-refractivity contribution in [2.75, 3.05) is 6.54 Å². The fourth-order valence-electron chi connectivity index (χ4n) is 1.56. The van der Waals surface area contributed by atoms with Crippen molar-refractivity contribution in [3.05, 3.63) is 26.8 Å². The van der Waals surface area contributed by atoms with E-state index >= 15 is 0 Å². The maximum atomic E-state index is 12.0. The average molecular weight is 283 g/mol. The van der Waals surface area contributed by atoms with Gasteiger partial charge < -0.3 is 0 Å². The minimum absolute atomic E-state index is 0.0361. The number of nitrogens with zero attached hydrogens (tertiary/aromatic N) is 1. The van der Waals surface area contributed by atoms with Gasteiger partial charge in [0.25, 0.3) is 5.91 Å². The van der Waals surface area contributed by atoms with Crippen molar-refractivity contribution in [2.45, 2.75) is 20.3 Å². The summed E-state index contributed by atoms with van der Waals surface area (Å²) in [5.41, 5.74) is 0. The second-order valence-corrected chi connectivity index (χ2v) is 6.46. The zero-order chi connectivity index (χ0) is 12.4. The third kappa shape index (κ3) is 2.61. The van der Waals surface area contributed by atoms with Crippen LogP contribution in [0.2, 0.25) is 0 Å². The Bertz CT molecular complexity index is 490. The van der Waals surface area contributed by atoms with E-state index in [1.54, 1.807) is 16.2 Å². The van der Waals surface area contributed by atoms with Crippen molar-refractivity contribution in [2.24, 2.45) is 0 Å². The Labute approximate surface area is 115 Å². The van der Waals surface area contributed by atoms with Crippen LogP contribution in [0.5, 0.6) is 0 Å². The van der Waals surface area contributed by atoms with Crippen LogP contribution in [-0.4, -0.2) is 21.7 Å². The number of amides is 1. The Morgan fingerprint density at radius 3 is 2.71 bits per heavy atom. The third-order valence-electron chi connectivity index (χ3n) is 2.49. The molecular weight excluding hydrogens is 270 g/mol. The minimum Gasteiger partial charge on any atom is -0.293 e. The Kier molecular flexibility index (Phi) is 4.01. The molecule has 0 aromatic carbocycles. The molecule has 1 aromatic heterocycles. The Balaban J connectivity index is 2.23. The number of hydrogen-bond acceptors (Lipinski definition) is 4. The lowest BCUT2D eigenvalue weighted by Gasteiger charge is -2.09. The second kappa shape index (κ2) is 5.33. The van der Waals surface area contributed by atoms with Gasteiger partial charge in [0.2, 0.25) is 0 Å². The molecule has 1 amide bonds. The molecule has 2 nitrogen and oxygen atoms in total. The number of thioether (sulfide) groups is 1. The first-order valence-electron chi connectivity index (χ1n) is 5.49. The molecule has 2 rings (SSSR count). The number of thiocarbonyl (C=S) groups is 1. The van der Waals surface area contributed by atoms with Gasteiger partial charge in [0.05, 0.1) is 4.91 Å². The maximum Gasteiger partial charge on any atom is 0.266 e. The Morgan fingerprint density at radius 1 is 1.41 bits per heavy atom. The number of rotatable bonds is 3. The van der Waals surface area contributed by atoms with Gasteiger partial charge in [0.15, 0.2) is 0 Å². The zero-order valence-electron chi connectivity index (χ0n) is 9.73. The van der Waals surface area contributed by atoms with E-state index in [0.29, 0.717) is 10.9 Å². The average Bonchev–Trinajstić information content (AvgIpc) is 2.86. The minimum atomic E-state index is 0.0361. The molecule has 0 radical (unpaired) electrons. The SMILES string of the molecule is CCc1ccc(C=C2SC(=S)N(CC)C2=O)s1. The lowest BCUT2D eigenvalue weighted by molar-refractivity contribution is -0.121. The van der Waals surface area contributed by atoms with E-state index in [0.717, 1.165) is 16.2 Å². The summed E-state index contributed by atoms with van der Waals surface area (Å²) in [7, 11) is 0. The van der Waals surface area contributed by atoms with Crippen LogP contribution in [-0.2, 0) is 11.2 Å². The van der Waals surface area contributed by atoms with E-state index in [1.807, 2.05) is 13.0 Å². The van der Waals surface area contributed by atoms with E-state index in [-0.39, 0.29) is 5.91 Å². The van der Waals surface area contributed by atoms with Crippen molar-refractivity contribution in [3.8, 4) is 0 Å². The van der Waals surface area contributed by atoms with Gasteiger partial charge in [-0.05, 0) is 31.6 Å². The van der Waals surface area contributed by atoms with Crippen LogP contribution < -0.4 is 0 Å². The van der Waals surface area contributed by atoms with Crippen LogP contribution in [0.1, 0.15) is 23.6 Å². The van der Waals surface area contributed by atoms with E-state index in [4.69, 9.17) is 12.2 Å². The van der Waals surface area contributed by atoms with Gasteiger partial charge in [0.1, 0.15) is 4.32 Å². The predicted octanol–water partition coefficient (Wildman–Crippen LogP) is 3.53. The smallest absolute Gasteiger partial charge is 0.266 e. The molecule has 0 unspecified atom stereocenters. The number of hydrogen-bond donors (Lipinski definition) is 0. The van der Waals surface area contributed by atoms with Gasteiger partial charge in [-0.3, -0.25) is 9.69 Å². The highest BCUT2D eigenvalue weighted by atomic mass is 32.2. The van der Waals surface area contributed by atoms with E-state index in [9.17, 15) is 4.79 Å². The fraction of sp³-hybridized carbons (Fsp3) is 0.333. The molecule has 2 heterocycles. The van der Waals surface area contributed by atoms with Crippen molar-refractivity contribution in [3.63, 3.8) is 0 Å². The first kappa shape index (κ1) is 12.8. The zero-order valence-corrected chi connectivity index (χ0v) is 12.2. The number of aryl methyl sites for hydroxylation is 1. The quantitative estimate of drug-likeness (QED) is 0.625. The largest absolute Gasteiger partial charge is 0.293 e. The molecule has 0 bridgehead atoms. The summed E-state index contributed by atoms with van der Waals surface area (Å²) in [4.78, 5) is 16.8. The van der Waals surface area contributed by atoms with Crippen molar-refractivity contribution in [1.29, 1.82) is 0 Å². The summed E-state index contributed by atoms with van der Waals surface area (Å²) in [6.45, 7) is 4.72. The first-order valence-corrected chi connectivity index (χ1v) is 7.54. The van der Waals surface area contributed by atoms with E-state index in [2.05, 4.69) is 19.1 Å². The molecule has 17 heavy (non-hydrogen) atoms. The summed E-state index contributed by atoms with van der Waals surface area (Å²) in [5.74, 6) is 0.0361. The van der Waals surface area contributed by atoms with Crippen molar-refractivity contribution >= 4 is 51.6 Å². The fourth-order valence-corrected chi connectivity index (χ4v) is 3.91. The number of carbonyl (C=O) groups is 1. The maximum absolute atomic E-state index is 12.0. The van der Waals surface area contributed by atoms with Crippen LogP contribution in [0.15, 0.2) is 17.0 Å². The van der Waals surface area contributed by atoms with Gasteiger partial charge >= 0.3 is 0 Å². The second-order valence-electron chi connectivity index (χ2n) is 3.58.